The Hall–Kier alpha value is -3.78. The average Bonchev–Trinajstić information content (AvgIpc) is 3.00. The van der Waals surface area contributed by atoms with Crippen molar-refractivity contribution in [2.24, 2.45) is 0 Å². The molecule has 0 bridgehead atoms. The lowest BCUT2D eigenvalue weighted by Crippen LogP contribution is -1.69. The van der Waals surface area contributed by atoms with Crippen LogP contribution in [0.1, 0.15) is 105 Å². The summed E-state index contributed by atoms with van der Waals surface area (Å²) in [6.07, 6.45) is 1.25. The number of carbonyl (C=O) groups is 2. The molecule has 0 aromatic heterocycles. The van der Waals surface area contributed by atoms with Gasteiger partial charge in [0.25, 0.3) is 0 Å². The lowest BCUT2D eigenvalue weighted by atomic mass is 10.4. The van der Waals surface area contributed by atoms with E-state index in [1.165, 1.54) is 34.1 Å². The highest BCUT2D eigenvalue weighted by atomic mass is 16.1. The highest BCUT2D eigenvalue weighted by molar-refractivity contribution is 5.72. The van der Waals surface area contributed by atoms with E-state index in [1.807, 2.05) is 173 Å². The molecule has 2 nitrogen and oxygen atoms in total. The third kappa shape index (κ3) is 123. The van der Waals surface area contributed by atoms with Gasteiger partial charge in [-0.1, -0.05) is 223 Å². The zero-order valence-corrected chi connectivity index (χ0v) is 26.4. The SMILES string of the molecule is C.C.C.C.CC.CC.CC(C)=O.CC(C)=O.CCC.c1ccccc1.c1ccccc1.c1ccccc1.c1ccccc1. The molecule has 0 aliphatic rings. The largest absolute Gasteiger partial charge is 0.300 e. The Morgan fingerprint density at radius 2 is 0.326 bits per heavy atom. The van der Waals surface area contributed by atoms with Crippen molar-refractivity contribution in [2.75, 3.05) is 0 Å². The van der Waals surface area contributed by atoms with E-state index in [0.717, 1.165) is 0 Å². The van der Waals surface area contributed by atoms with Gasteiger partial charge in [-0.25, -0.2) is 0 Å². The second-order valence-electron chi connectivity index (χ2n) is 7.14. The molecule has 0 saturated carbocycles. The molecule has 0 saturated heterocycles. The maximum atomic E-state index is 9.44. The van der Waals surface area contributed by atoms with Crippen LogP contribution in [0, 0.1) is 0 Å². The topological polar surface area (TPSA) is 34.1 Å². The minimum absolute atomic E-state index is 0. The van der Waals surface area contributed by atoms with E-state index in [2.05, 4.69) is 13.8 Å². The van der Waals surface area contributed by atoms with Gasteiger partial charge in [0.1, 0.15) is 11.6 Å². The summed E-state index contributed by atoms with van der Waals surface area (Å²) in [4.78, 5) is 18.9. The second kappa shape index (κ2) is 71.5. The van der Waals surface area contributed by atoms with Gasteiger partial charge in [-0.2, -0.15) is 0 Å². The summed E-state index contributed by atoms with van der Waals surface area (Å²) >= 11 is 0. The van der Waals surface area contributed by atoms with Gasteiger partial charge in [-0.15, -0.1) is 0 Å². The lowest BCUT2D eigenvalue weighted by molar-refractivity contribution is -0.115. The number of hydrogen-bond donors (Lipinski definition) is 0. The molecular weight excluding hydrogens is 524 g/mol. The molecule has 0 heterocycles. The van der Waals surface area contributed by atoms with Crippen molar-refractivity contribution in [1.82, 2.24) is 0 Å². The van der Waals surface area contributed by atoms with Gasteiger partial charge in [-0.3, -0.25) is 0 Å². The summed E-state index contributed by atoms with van der Waals surface area (Å²) in [6, 6.07) is 48.0. The highest BCUT2D eigenvalue weighted by Gasteiger charge is 1.63. The molecule has 0 aliphatic carbocycles. The van der Waals surface area contributed by atoms with Crippen molar-refractivity contribution < 1.29 is 9.59 Å². The molecule has 4 aromatic carbocycles. The Kier molecular flexibility index (Phi) is 104. The predicted molar refractivity (Wildman–Crippen MR) is 204 cm³/mol. The van der Waals surface area contributed by atoms with Gasteiger partial charge in [0, 0.05) is 0 Å². The van der Waals surface area contributed by atoms with Crippen molar-refractivity contribution in [2.45, 2.75) is 105 Å². The predicted octanol–water partition coefficient (Wildman–Crippen LogP) is 14.0. The van der Waals surface area contributed by atoms with E-state index in [1.54, 1.807) is 0 Å². The summed E-state index contributed by atoms with van der Waals surface area (Å²) in [5.41, 5.74) is 0. The Bertz CT molecular complexity index is 594. The molecule has 0 aliphatic heterocycles. The van der Waals surface area contributed by atoms with Crippen LogP contribution in [0.5, 0.6) is 0 Å². The van der Waals surface area contributed by atoms with Crippen LogP contribution in [-0.4, -0.2) is 11.6 Å². The van der Waals surface area contributed by atoms with Gasteiger partial charge in [0.15, 0.2) is 0 Å². The second-order valence-corrected chi connectivity index (χ2v) is 7.14. The van der Waals surface area contributed by atoms with E-state index in [4.69, 9.17) is 0 Å². The van der Waals surface area contributed by atoms with Gasteiger partial charge in [0.2, 0.25) is 0 Å². The molecule has 0 fully saturated rings. The molecule has 4 aromatic rings. The monoisotopic (exact) mass is 597 g/mol. The number of benzene rings is 4. The van der Waals surface area contributed by atoms with Crippen LogP contribution >= 0.6 is 0 Å². The Labute approximate surface area is 271 Å². The fourth-order valence-corrected chi connectivity index (χ4v) is 1.54. The van der Waals surface area contributed by atoms with Gasteiger partial charge < -0.3 is 9.59 Å². The number of ketones is 2. The summed E-state index contributed by atoms with van der Waals surface area (Å²) in [6.45, 7) is 18.4. The number of rotatable bonds is 0. The summed E-state index contributed by atoms with van der Waals surface area (Å²) in [5.74, 6) is 0.333. The summed E-state index contributed by atoms with van der Waals surface area (Å²) < 4.78 is 0. The summed E-state index contributed by atoms with van der Waals surface area (Å²) in [5, 5.41) is 0. The zero-order valence-electron chi connectivity index (χ0n) is 26.4. The lowest BCUT2D eigenvalue weighted by Gasteiger charge is -1.69. The first-order chi connectivity index (χ1) is 18.9. The minimum Gasteiger partial charge on any atom is -0.300 e. The fraction of sp³-hybridized carbons (Fsp3) is 0.366. The standard InChI is InChI=1S/4C6H6.2C3H6O.C3H8.2C2H6.4CH4/c4*1-2-4-6-5-3-1;2*1-3(2)4;1-3-2;2*1-2;;;;/h4*1-6H;2*1-2H3;3H2,1-2H3;2*1-2H3;4*1H4. The van der Waals surface area contributed by atoms with Crippen molar-refractivity contribution in [1.29, 1.82) is 0 Å². The van der Waals surface area contributed by atoms with E-state index in [-0.39, 0.29) is 41.3 Å². The third-order valence-electron chi connectivity index (χ3n) is 2.67. The molecule has 0 atom stereocenters. The Morgan fingerprint density at radius 3 is 0.349 bits per heavy atom. The summed E-state index contributed by atoms with van der Waals surface area (Å²) in [7, 11) is 0. The molecule has 0 radical (unpaired) electrons. The zero-order chi connectivity index (χ0) is 30.8. The number of hydrogen-bond acceptors (Lipinski definition) is 2. The van der Waals surface area contributed by atoms with E-state index in [0.29, 0.717) is 0 Å². The highest BCUT2D eigenvalue weighted by Crippen LogP contribution is 1.81. The fourth-order valence-electron chi connectivity index (χ4n) is 1.54. The van der Waals surface area contributed by atoms with Crippen LogP contribution in [0.15, 0.2) is 146 Å². The molecule has 43 heavy (non-hydrogen) atoms. The van der Waals surface area contributed by atoms with E-state index < -0.39 is 0 Å². The first-order valence-corrected chi connectivity index (χ1v) is 13.8. The first-order valence-electron chi connectivity index (χ1n) is 13.8. The van der Waals surface area contributed by atoms with Crippen LogP contribution in [0.25, 0.3) is 0 Å². The molecular formula is C41H72O2. The molecule has 0 amide bonds. The van der Waals surface area contributed by atoms with Gasteiger partial charge in [-0.05, 0) is 27.7 Å². The maximum absolute atomic E-state index is 9.44. The number of carbonyl (C=O) groups excluding carboxylic acids is 2. The van der Waals surface area contributed by atoms with Gasteiger partial charge >= 0.3 is 0 Å². The minimum atomic E-state index is 0. The van der Waals surface area contributed by atoms with Crippen LogP contribution in [0.3, 0.4) is 0 Å². The Balaban J connectivity index is -0.0000000438. The number of Topliss-reactive ketones (excluding diaryl/α,β-unsaturated/α-hetero) is 2. The van der Waals surface area contributed by atoms with Crippen molar-refractivity contribution in [3.05, 3.63) is 146 Å². The molecule has 4 rings (SSSR count). The normalized spacial score (nSPS) is 6.37. The first kappa shape index (κ1) is 62.7. The molecule has 248 valence electrons. The van der Waals surface area contributed by atoms with Crippen LogP contribution < -0.4 is 0 Å². The maximum Gasteiger partial charge on any atom is 0.126 e. The van der Waals surface area contributed by atoms with Crippen molar-refractivity contribution in [3.8, 4) is 0 Å². The van der Waals surface area contributed by atoms with Crippen LogP contribution in [0.2, 0.25) is 0 Å². The van der Waals surface area contributed by atoms with Crippen LogP contribution in [0.4, 0.5) is 0 Å². The quantitative estimate of drug-likeness (QED) is 0.202. The molecule has 0 N–H and O–H groups in total. The van der Waals surface area contributed by atoms with Gasteiger partial charge in [0.05, 0.1) is 0 Å². The van der Waals surface area contributed by atoms with Crippen molar-refractivity contribution >= 4 is 11.6 Å². The van der Waals surface area contributed by atoms with Crippen molar-refractivity contribution in [3.63, 3.8) is 0 Å². The molecule has 2 heteroatoms. The third-order valence-corrected chi connectivity index (χ3v) is 2.67. The molecule has 0 spiro atoms. The average molecular weight is 597 g/mol. The van der Waals surface area contributed by atoms with E-state index >= 15 is 0 Å². The Morgan fingerprint density at radius 1 is 0.302 bits per heavy atom. The van der Waals surface area contributed by atoms with Crippen LogP contribution in [-0.2, 0) is 9.59 Å². The molecule has 0 unspecified atom stereocenters. The van der Waals surface area contributed by atoms with E-state index in [9.17, 15) is 9.59 Å². The smallest absolute Gasteiger partial charge is 0.126 e.